The summed E-state index contributed by atoms with van der Waals surface area (Å²) >= 11 is 4.40. The minimum atomic E-state index is -4.27. The molecule has 1 unspecified atom stereocenters. The third kappa shape index (κ3) is 14.0. The number of rotatable bonds is 8. The second-order valence-corrected chi connectivity index (χ2v) is 8.31. The summed E-state index contributed by atoms with van der Waals surface area (Å²) in [5.74, 6) is -0.696. The molecule has 0 saturated heterocycles. The fourth-order valence-corrected chi connectivity index (χ4v) is 3.08. The van der Waals surface area contributed by atoms with Gasteiger partial charge in [-0.15, -0.1) is 0 Å². The Morgan fingerprint density at radius 2 is 1.57 bits per heavy atom. The zero-order valence-corrected chi connectivity index (χ0v) is 21.8. The van der Waals surface area contributed by atoms with Crippen LogP contribution in [-0.4, -0.2) is 18.2 Å². The molecule has 0 heterocycles. The number of halogens is 5. The molecule has 1 atom stereocenters. The number of alkyl halides is 3. The van der Waals surface area contributed by atoms with E-state index in [9.17, 15) is 22.0 Å². The lowest BCUT2D eigenvalue weighted by atomic mass is 10.0. The van der Waals surface area contributed by atoms with Crippen LogP contribution in [0.25, 0.3) is 0 Å². The number of aryl methyl sites for hydroxylation is 2. The molecule has 2 aromatic rings. The van der Waals surface area contributed by atoms with Crippen molar-refractivity contribution < 1.29 is 22.0 Å². The average molecular weight is 521 g/mol. The molecule has 5 N–H and O–H groups in total. The van der Waals surface area contributed by atoms with Crippen LogP contribution in [0, 0.1) is 25.5 Å². The highest BCUT2D eigenvalue weighted by atomic mass is 32.1. The van der Waals surface area contributed by atoms with Crippen molar-refractivity contribution in [3.8, 4) is 0 Å². The van der Waals surface area contributed by atoms with E-state index >= 15 is 0 Å². The van der Waals surface area contributed by atoms with Gasteiger partial charge in [0.15, 0.2) is 5.11 Å². The van der Waals surface area contributed by atoms with Crippen LogP contribution < -0.4 is 21.9 Å². The van der Waals surface area contributed by atoms with Gasteiger partial charge in [-0.3, -0.25) is 5.43 Å². The smallest absolute Gasteiger partial charge is 0.375 e. The number of thiocarbonyl (C=S) groups is 1. The Morgan fingerprint density at radius 1 is 1.03 bits per heavy atom. The van der Waals surface area contributed by atoms with Crippen molar-refractivity contribution in [3.63, 3.8) is 0 Å². The Labute approximate surface area is 210 Å². The topological polar surface area (TPSA) is 62.1 Å². The molecule has 0 amide bonds. The summed E-state index contributed by atoms with van der Waals surface area (Å²) in [6.07, 6.45) is -0.109. The lowest BCUT2D eigenvalue weighted by molar-refractivity contribution is -0.138. The van der Waals surface area contributed by atoms with Crippen LogP contribution >= 0.6 is 12.2 Å². The van der Waals surface area contributed by atoms with Gasteiger partial charge in [0.25, 0.3) is 0 Å². The summed E-state index contributed by atoms with van der Waals surface area (Å²) in [6, 6.07) is 8.46. The third-order valence-corrected chi connectivity index (χ3v) is 5.09. The summed E-state index contributed by atoms with van der Waals surface area (Å²) < 4.78 is 63.7. The van der Waals surface area contributed by atoms with Gasteiger partial charge in [-0.1, -0.05) is 44.9 Å². The van der Waals surface area contributed by atoms with Crippen LogP contribution in [0.3, 0.4) is 0 Å². The maximum atomic E-state index is 12.8. The number of hydrazine groups is 1. The maximum Gasteiger partial charge on any atom is 0.416 e. The van der Waals surface area contributed by atoms with Crippen molar-refractivity contribution in [2.24, 2.45) is 5.73 Å². The van der Waals surface area contributed by atoms with Gasteiger partial charge in [-0.2, -0.15) is 13.2 Å². The van der Waals surface area contributed by atoms with E-state index < -0.39 is 11.7 Å². The molecule has 0 aliphatic carbocycles. The molecule has 35 heavy (non-hydrogen) atoms. The van der Waals surface area contributed by atoms with E-state index in [1.807, 2.05) is 0 Å². The first-order chi connectivity index (χ1) is 16.4. The number of hydrogen-bond donors (Lipinski definition) is 4. The zero-order chi connectivity index (χ0) is 27.0. The van der Waals surface area contributed by atoms with Crippen LogP contribution in [0.15, 0.2) is 36.4 Å². The second-order valence-electron chi connectivity index (χ2n) is 7.87. The minimum absolute atomic E-state index is 0.262. The number of nitrogens with one attached hydrogen (secondary N) is 3. The van der Waals surface area contributed by atoms with Gasteiger partial charge in [0.05, 0.1) is 5.56 Å². The molecular weight excluding hydrogens is 483 g/mol. The monoisotopic (exact) mass is 520 g/mol. The molecular formula is C25H37F5N4S. The molecule has 0 radical (unpaired) electrons. The van der Waals surface area contributed by atoms with Gasteiger partial charge in [-0.05, 0) is 73.8 Å². The quantitative estimate of drug-likeness (QED) is 0.187. The SMILES string of the molecule is CCCCC(CC)NCc1ccccc1C(F)(F)F.CNNC(N)=S.Cc1cc(F)c(C)cc1F. The first-order valence-corrected chi connectivity index (χ1v) is 11.8. The van der Waals surface area contributed by atoms with Crippen LogP contribution in [-0.2, 0) is 12.7 Å². The average Bonchev–Trinajstić information content (AvgIpc) is 2.78. The molecule has 2 rings (SSSR count). The molecule has 4 nitrogen and oxygen atoms in total. The molecule has 0 fully saturated rings. The summed E-state index contributed by atoms with van der Waals surface area (Å²) in [4.78, 5) is 0. The second kappa shape index (κ2) is 17.2. The first-order valence-electron chi connectivity index (χ1n) is 11.4. The lowest BCUT2D eigenvalue weighted by Crippen LogP contribution is -2.37. The Morgan fingerprint density at radius 3 is 1.97 bits per heavy atom. The van der Waals surface area contributed by atoms with Crippen molar-refractivity contribution >= 4 is 17.3 Å². The van der Waals surface area contributed by atoms with Crippen molar-refractivity contribution in [2.75, 3.05) is 7.05 Å². The molecule has 198 valence electrons. The predicted octanol–water partition coefficient (Wildman–Crippen LogP) is 6.30. The number of nitrogens with two attached hydrogens (primary N) is 1. The Kier molecular flexibility index (Phi) is 16.1. The Balaban J connectivity index is 0.000000598. The van der Waals surface area contributed by atoms with E-state index in [-0.39, 0.29) is 23.3 Å². The standard InChI is InChI=1S/C15H22F3N.C8H8F2.C2H7N3S/c1-3-5-9-13(4-2)19-11-12-8-6-7-10-14(12)15(16,17)18;1-5-3-8(10)6(2)4-7(5)9;1-4-5-2(3)6/h6-8,10,13,19H,3-5,9,11H2,1-2H3;3-4H,1-2H3;4H,1H3,(H3,3,5,6). The van der Waals surface area contributed by atoms with Crippen LogP contribution in [0.1, 0.15) is 61.8 Å². The van der Waals surface area contributed by atoms with Gasteiger partial charge in [0.1, 0.15) is 11.6 Å². The number of benzene rings is 2. The Hall–Kier alpha value is -2.30. The van der Waals surface area contributed by atoms with E-state index in [1.165, 1.54) is 32.0 Å². The minimum Gasteiger partial charge on any atom is -0.375 e. The molecule has 10 heteroatoms. The lowest BCUT2D eigenvalue weighted by Gasteiger charge is -2.19. The zero-order valence-electron chi connectivity index (χ0n) is 21.0. The van der Waals surface area contributed by atoms with Crippen molar-refractivity contribution in [2.45, 2.75) is 72.1 Å². The summed E-state index contributed by atoms with van der Waals surface area (Å²) in [7, 11) is 1.69. The molecule has 0 aliphatic heterocycles. The molecule has 0 saturated carbocycles. The van der Waals surface area contributed by atoms with E-state index in [1.54, 1.807) is 19.2 Å². The highest BCUT2D eigenvalue weighted by molar-refractivity contribution is 7.80. The van der Waals surface area contributed by atoms with E-state index in [0.717, 1.165) is 31.7 Å². The number of hydrogen-bond acceptors (Lipinski definition) is 3. The van der Waals surface area contributed by atoms with Gasteiger partial charge in [-0.25, -0.2) is 14.2 Å². The van der Waals surface area contributed by atoms with Gasteiger partial charge in [0.2, 0.25) is 0 Å². The van der Waals surface area contributed by atoms with Gasteiger partial charge in [0, 0.05) is 19.6 Å². The predicted molar refractivity (Wildman–Crippen MR) is 137 cm³/mol. The Bertz CT molecular complexity index is 840. The van der Waals surface area contributed by atoms with Crippen molar-refractivity contribution in [1.29, 1.82) is 0 Å². The number of unbranched alkanes of at least 4 members (excludes halogenated alkanes) is 1. The summed E-state index contributed by atoms with van der Waals surface area (Å²) in [5.41, 5.74) is 10.5. The molecule has 0 aromatic heterocycles. The van der Waals surface area contributed by atoms with Crippen LogP contribution in [0.2, 0.25) is 0 Å². The molecule has 2 aromatic carbocycles. The highest BCUT2D eigenvalue weighted by Crippen LogP contribution is 2.31. The molecule has 0 aliphatic rings. The summed E-state index contributed by atoms with van der Waals surface area (Å²) in [5, 5.41) is 3.49. The highest BCUT2D eigenvalue weighted by Gasteiger charge is 2.32. The molecule has 0 bridgehead atoms. The van der Waals surface area contributed by atoms with Crippen molar-refractivity contribution in [3.05, 3.63) is 70.3 Å². The fourth-order valence-electron chi connectivity index (χ4n) is 2.98. The van der Waals surface area contributed by atoms with Gasteiger partial charge >= 0.3 is 6.18 Å². The third-order valence-electron chi connectivity index (χ3n) is 4.99. The fraction of sp³-hybridized carbons (Fsp3) is 0.480. The molecule has 0 spiro atoms. The van der Waals surface area contributed by atoms with E-state index in [4.69, 9.17) is 5.73 Å². The van der Waals surface area contributed by atoms with E-state index in [2.05, 4.69) is 42.2 Å². The maximum absolute atomic E-state index is 12.8. The van der Waals surface area contributed by atoms with Crippen LogP contribution in [0.4, 0.5) is 22.0 Å². The largest absolute Gasteiger partial charge is 0.416 e. The van der Waals surface area contributed by atoms with Gasteiger partial charge < -0.3 is 11.1 Å². The van der Waals surface area contributed by atoms with E-state index in [0.29, 0.717) is 22.7 Å². The first kappa shape index (κ1) is 32.7. The normalized spacial score (nSPS) is 11.5. The van der Waals surface area contributed by atoms with Crippen LogP contribution in [0.5, 0.6) is 0 Å². The summed E-state index contributed by atoms with van der Waals surface area (Å²) in [6.45, 7) is 7.53. The van der Waals surface area contributed by atoms with Crippen molar-refractivity contribution in [1.82, 2.24) is 16.2 Å².